The first-order valence-electron chi connectivity index (χ1n) is 11.6. The normalized spacial score (nSPS) is 19.4. The van der Waals surface area contributed by atoms with Crippen molar-refractivity contribution in [1.29, 1.82) is 0 Å². The number of hydrogen-bond donors (Lipinski definition) is 2. The molecule has 2 aliphatic heterocycles. The van der Waals surface area contributed by atoms with Crippen molar-refractivity contribution in [3.05, 3.63) is 59.9 Å². The summed E-state index contributed by atoms with van der Waals surface area (Å²) in [6, 6.07) is 12.8. The zero-order valence-corrected chi connectivity index (χ0v) is 19.0. The molecule has 8 nitrogen and oxygen atoms in total. The van der Waals surface area contributed by atoms with E-state index < -0.39 is 11.7 Å². The molecule has 4 rings (SSSR count). The van der Waals surface area contributed by atoms with E-state index in [0.29, 0.717) is 37.8 Å². The molecule has 2 fully saturated rings. The number of nitrogens with zero attached hydrogens (tertiary/aromatic N) is 1. The second-order valence-electron chi connectivity index (χ2n) is 8.36. The summed E-state index contributed by atoms with van der Waals surface area (Å²) in [4.78, 5) is 27.6. The van der Waals surface area contributed by atoms with Gasteiger partial charge in [-0.2, -0.15) is 0 Å². The van der Waals surface area contributed by atoms with Gasteiger partial charge in [-0.25, -0.2) is 4.39 Å². The van der Waals surface area contributed by atoms with Crippen molar-refractivity contribution >= 4 is 17.5 Å². The van der Waals surface area contributed by atoms with E-state index in [1.807, 2.05) is 0 Å². The minimum atomic E-state index is -0.530. The fourth-order valence-electron chi connectivity index (χ4n) is 4.32. The number of anilines is 1. The van der Waals surface area contributed by atoms with E-state index in [2.05, 4.69) is 15.5 Å². The van der Waals surface area contributed by atoms with Gasteiger partial charge in [-0.3, -0.25) is 14.5 Å². The van der Waals surface area contributed by atoms with Crippen LogP contribution in [0.5, 0.6) is 5.75 Å². The number of halogens is 1. The average Bonchev–Trinajstić information content (AvgIpc) is 3.40. The third-order valence-electron chi connectivity index (χ3n) is 6.13. The maximum atomic E-state index is 13.8. The number of amides is 2. The van der Waals surface area contributed by atoms with Gasteiger partial charge in [0.2, 0.25) is 0 Å². The Morgan fingerprint density at radius 1 is 1.06 bits per heavy atom. The highest BCUT2D eigenvalue weighted by Gasteiger charge is 2.32. The first-order valence-corrected chi connectivity index (χ1v) is 11.6. The minimum Gasteiger partial charge on any atom is -0.483 e. The summed E-state index contributed by atoms with van der Waals surface area (Å²) >= 11 is 0. The van der Waals surface area contributed by atoms with Gasteiger partial charge in [0, 0.05) is 38.2 Å². The van der Waals surface area contributed by atoms with Gasteiger partial charge in [-0.05, 0) is 30.7 Å². The van der Waals surface area contributed by atoms with Crippen LogP contribution < -0.4 is 15.4 Å². The molecule has 2 saturated heterocycles. The molecule has 0 spiro atoms. The Morgan fingerprint density at radius 2 is 1.82 bits per heavy atom. The number of hydrogen-bond acceptors (Lipinski definition) is 6. The molecule has 0 aromatic heterocycles. The van der Waals surface area contributed by atoms with Crippen molar-refractivity contribution in [2.24, 2.45) is 5.92 Å². The van der Waals surface area contributed by atoms with Crippen molar-refractivity contribution < 1.29 is 28.2 Å². The third kappa shape index (κ3) is 6.31. The van der Waals surface area contributed by atoms with Crippen LogP contribution in [0.15, 0.2) is 48.5 Å². The quantitative estimate of drug-likeness (QED) is 0.584. The molecular weight excluding hydrogens is 441 g/mol. The highest BCUT2D eigenvalue weighted by molar-refractivity contribution is 5.97. The van der Waals surface area contributed by atoms with E-state index in [1.165, 1.54) is 12.1 Å². The lowest BCUT2D eigenvalue weighted by molar-refractivity contribution is -0.118. The molecule has 9 heteroatoms. The fraction of sp³-hybridized carbons (Fsp3) is 0.440. The van der Waals surface area contributed by atoms with E-state index in [-0.39, 0.29) is 30.0 Å². The molecule has 182 valence electrons. The minimum absolute atomic E-state index is 0.0761. The maximum Gasteiger partial charge on any atom is 0.262 e. The van der Waals surface area contributed by atoms with Gasteiger partial charge in [0.1, 0.15) is 11.6 Å². The topological polar surface area (TPSA) is 89.1 Å². The van der Waals surface area contributed by atoms with Crippen LogP contribution in [0.25, 0.3) is 0 Å². The predicted octanol–water partition coefficient (Wildman–Crippen LogP) is 2.31. The molecule has 2 aliphatic rings. The summed E-state index contributed by atoms with van der Waals surface area (Å²) in [5.41, 5.74) is 0.414. The SMILES string of the molecule is O=C(COc1ccccc1C(=O)NCC(C1CCOC1)N1CCOCC1)Nc1ccccc1F. The molecule has 2 amide bonds. The molecule has 2 aromatic rings. The number of rotatable bonds is 9. The van der Waals surface area contributed by atoms with Crippen molar-refractivity contribution in [1.82, 2.24) is 10.2 Å². The number of nitrogens with one attached hydrogen (secondary N) is 2. The zero-order chi connectivity index (χ0) is 23.8. The van der Waals surface area contributed by atoms with Crippen LogP contribution in [-0.4, -0.2) is 75.4 Å². The van der Waals surface area contributed by atoms with Gasteiger partial charge in [-0.1, -0.05) is 24.3 Å². The lowest BCUT2D eigenvalue weighted by Crippen LogP contribution is -2.52. The Bertz CT molecular complexity index is 977. The molecule has 0 radical (unpaired) electrons. The third-order valence-corrected chi connectivity index (χ3v) is 6.13. The van der Waals surface area contributed by atoms with Gasteiger partial charge in [-0.15, -0.1) is 0 Å². The smallest absolute Gasteiger partial charge is 0.262 e. The summed E-state index contributed by atoms with van der Waals surface area (Å²) in [5, 5.41) is 5.51. The molecule has 2 N–H and O–H groups in total. The van der Waals surface area contributed by atoms with Crippen LogP contribution >= 0.6 is 0 Å². The van der Waals surface area contributed by atoms with E-state index >= 15 is 0 Å². The van der Waals surface area contributed by atoms with Gasteiger partial charge in [0.15, 0.2) is 6.61 Å². The van der Waals surface area contributed by atoms with Crippen LogP contribution in [-0.2, 0) is 14.3 Å². The first kappa shape index (κ1) is 24.1. The second-order valence-corrected chi connectivity index (χ2v) is 8.36. The van der Waals surface area contributed by atoms with Crippen LogP contribution in [0.1, 0.15) is 16.8 Å². The van der Waals surface area contributed by atoms with Crippen molar-refractivity contribution in [3.8, 4) is 5.75 Å². The fourth-order valence-corrected chi connectivity index (χ4v) is 4.32. The Labute approximate surface area is 198 Å². The lowest BCUT2D eigenvalue weighted by atomic mass is 9.96. The second kappa shape index (κ2) is 11.9. The van der Waals surface area contributed by atoms with E-state index in [0.717, 1.165) is 26.1 Å². The highest BCUT2D eigenvalue weighted by atomic mass is 19.1. The summed E-state index contributed by atoms with van der Waals surface area (Å²) in [6.07, 6.45) is 0.967. The molecule has 2 atom stereocenters. The van der Waals surface area contributed by atoms with E-state index in [4.69, 9.17) is 14.2 Å². The molecule has 0 bridgehead atoms. The summed E-state index contributed by atoms with van der Waals surface area (Å²) in [6.45, 7) is 4.58. The summed E-state index contributed by atoms with van der Waals surface area (Å²) < 4.78 is 30.4. The van der Waals surface area contributed by atoms with Crippen molar-refractivity contribution in [2.75, 3.05) is 58.0 Å². The van der Waals surface area contributed by atoms with Crippen molar-refractivity contribution in [2.45, 2.75) is 12.5 Å². The largest absolute Gasteiger partial charge is 0.483 e. The first-order chi connectivity index (χ1) is 16.6. The van der Waals surface area contributed by atoms with Crippen molar-refractivity contribution in [3.63, 3.8) is 0 Å². The van der Waals surface area contributed by atoms with Gasteiger partial charge >= 0.3 is 0 Å². The summed E-state index contributed by atoms with van der Waals surface area (Å²) in [7, 11) is 0. The monoisotopic (exact) mass is 471 g/mol. The molecule has 0 saturated carbocycles. The van der Waals surface area contributed by atoms with E-state index in [9.17, 15) is 14.0 Å². The summed E-state index contributed by atoms with van der Waals surface area (Å²) in [5.74, 6) is -0.683. The molecule has 2 aromatic carbocycles. The Hall–Kier alpha value is -3.01. The van der Waals surface area contributed by atoms with Gasteiger partial charge < -0.3 is 24.8 Å². The molecule has 34 heavy (non-hydrogen) atoms. The standard InChI is InChI=1S/C25H30FN3O5/c26-20-6-2-3-7-21(20)28-24(30)17-34-23-8-4-1-5-19(23)25(31)27-15-22(18-9-12-33-16-18)29-10-13-32-14-11-29/h1-8,18,22H,9-17H2,(H,27,31)(H,28,30). The van der Waals surface area contributed by atoms with Crippen LogP contribution in [0.2, 0.25) is 0 Å². The Balaban J connectivity index is 1.35. The van der Waals surface area contributed by atoms with Crippen LogP contribution in [0.4, 0.5) is 10.1 Å². The van der Waals surface area contributed by atoms with Crippen LogP contribution in [0.3, 0.4) is 0 Å². The average molecular weight is 472 g/mol. The highest BCUT2D eigenvalue weighted by Crippen LogP contribution is 2.23. The molecule has 2 unspecified atom stereocenters. The Morgan fingerprint density at radius 3 is 2.59 bits per heavy atom. The van der Waals surface area contributed by atoms with Gasteiger partial charge in [0.05, 0.1) is 31.1 Å². The van der Waals surface area contributed by atoms with Gasteiger partial charge in [0.25, 0.3) is 11.8 Å². The number of morpholine rings is 1. The molecule has 0 aliphatic carbocycles. The number of carbonyl (C=O) groups excluding carboxylic acids is 2. The predicted molar refractivity (Wildman–Crippen MR) is 124 cm³/mol. The maximum absolute atomic E-state index is 13.8. The molecular formula is C25H30FN3O5. The number of ether oxygens (including phenoxy) is 3. The van der Waals surface area contributed by atoms with E-state index in [1.54, 1.807) is 36.4 Å². The molecule has 2 heterocycles. The van der Waals surface area contributed by atoms with Crippen LogP contribution in [0, 0.1) is 11.7 Å². The zero-order valence-electron chi connectivity index (χ0n) is 19.0. The lowest BCUT2D eigenvalue weighted by Gasteiger charge is -2.37. The Kier molecular flexibility index (Phi) is 8.46. The number of para-hydroxylation sites is 2. The number of benzene rings is 2. The number of carbonyl (C=O) groups is 2.